The van der Waals surface area contributed by atoms with Crippen LogP contribution in [0.25, 0.3) is 0 Å². The summed E-state index contributed by atoms with van der Waals surface area (Å²) >= 11 is 0. The molecule has 15 heavy (non-hydrogen) atoms. The quantitative estimate of drug-likeness (QED) is 0.744. The van der Waals surface area contributed by atoms with Crippen LogP contribution in [0.3, 0.4) is 0 Å². The van der Waals surface area contributed by atoms with Gasteiger partial charge >= 0.3 is 0 Å². The molecule has 0 aliphatic carbocycles. The molecule has 0 fully saturated rings. The van der Waals surface area contributed by atoms with Gasteiger partial charge in [-0.2, -0.15) is 0 Å². The third kappa shape index (κ3) is 3.82. The topological polar surface area (TPSA) is 38.0 Å². The molecule has 0 heterocycles. The van der Waals surface area contributed by atoms with Crippen molar-refractivity contribution < 1.29 is 0 Å². The van der Waals surface area contributed by atoms with E-state index in [1.807, 2.05) is 24.3 Å². The summed E-state index contributed by atoms with van der Waals surface area (Å²) in [6.45, 7) is 10.0. The van der Waals surface area contributed by atoms with Gasteiger partial charge in [-0.1, -0.05) is 33.8 Å². The van der Waals surface area contributed by atoms with Crippen LogP contribution in [0, 0.1) is 11.3 Å². The van der Waals surface area contributed by atoms with E-state index in [4.69, 9.17) is 5.73 Å². The molecule has 1 rings (SSSR count). The summed E-state index contributed by atoms with van der Waals surface area (Å²) in [6.07, 6.45) is 0. The van der Waals surface area contributed by atoms with Crippen molar-refractivity contribution in [2.75, 3.05) is 17.6 Å². The van der Waals surface area contributed by atoms with Crippen molar-refractivity contribution in [3.63, 3.8) is 0 Å². The first-order valence-corrected chi connectivity index (χ1v) is 5.49. The van der Waals surface area contributed by atoms with Gasteiger partial charge in [-0.3, -0.25) is 0 Å². The summed E-state index contributed by atoms with van der Waals surface area (Å²) < 4.78 is 0. The molecule has 0 saturated heterocycles. The minimum absolute atomic E-state index is 0.341. The maximum atomic E-state index is 5.71. The summed E-state index contributed by atoms with van der Waals surface area (Å²) in [5.41, 5.74) is 7.96. The molecule has 1 unspecified atom stereocenters. The van der Waals surface area contributed by atoms with Crippen LogP contribution in [-0.4, -0.2) is 6.54 Å². The van der Waals surface area contributed by atoms with Crippen molar-refractivity contribution >= 4 is 11.4 Å². The number of rotatable bonds is 3. The monoisotopic (exact) mass is 206 g/mol. The fraction of sp³-hybridized carbons (Fsp3) is 0.538. The second kappa shape index (κ2) is 4.56. The maximum absolute atomic E-state index is 5.71. The summed E-state index contributed by atoms with van der Waals surface area (Å²) in [6, 6.07) is 7.89. The highest BCUT2D eigenvalue weighted by molar-refractivity contribution is 5.54. The van der Waals surface area contributed by atoms with Crippen molar-refractivity contribution in [1.29, 1.82) is 0 Å². The van der Waals surface area contributed by atoms with Gasteiger partial charge in [-0.05, 0) is 29.5 Å². The number of nitrogen functional groups attached to an aromatic ring is 1. The Morgan fingerprint density at radius 3 is 2.53 bits per heavy atom. The Kier molecular flexibility index (Phi) is 3.61. The third-order valence-electron chi connectivity index (χ3n) is 2.98. The Balaban J connectivity index is 2.51. The fourth-order valence-electron chi connectivity index (χ4n) is 1.23. The second-order valence-electron chi connectivity index (χ2n) is 5.27. The molecule has 3 N–H and O–H groups in total. The smallest absolute Gasteiger partial charge is 0.0360 e. The Morgan fingerprint density at radius 1 is 1.33 bits per heavy atom. The van der Waals surface area contributed by atoms with Crippen LogP contribution in [0.4, 0.5) is 11.4 Å². The van der Waals surface area contributed by atoms with Crippen LogP contribution in [0.1, 0.15) is 27.7 Å². The standard InChI is InChI=1S/C13H22N2/c1-10(13(2,3)4)9-15-12-7-5-6-11(14)8-12/h5-8,10,15H,9,14H2,1-4H3. The number of benzene rings is 1. The van der Waals surface area contributed by atoms with Crippen molar-refractivity contribution in [3.05, 3.63) is 24.3 Å². The van der Waals surface area contributed by atoms with Crippen molar-refractivity contribution in [2.45, 2.75) is 27.7 Å². The normalized spacial score (nSPS) is 13.6. The molecule has 0 amide bonds. The first kappa shape index (κ1) is 11.9. The molecule has 0 saturated carbocycles. The van der Waals surface area contributed by atoms with Crippen LogP contribution >= 0.6 is 0 Å². The molecule has 0 aromatic heterocycles. The minimum atomic E-state index is 0.341. The van der Waals surface area contributed by atoms with Gasteiger partial charge in [0, 0.05) is 17.9 Å². The average molecular weight is 206 g/mol. The van der Waals surface area contributed by atoms with Crippen LogP contribution in [-0.2, 0) is 0 Å². The van der Waals surface area contributed by atoms with Gasteiger partial charge in [0.15, 0.2) is 0 Å². The highest BCUT2D eigenvalue weighted by atomic mass is 14.9. The summed E-state index contributed by atoms with van der Waals surface area (Å²) in [7, 11) is 0. The predicted molar refractivity (Wildman–Crippen MR) is 68.0 cm³/mol. The summed E-state index contributed by atoms with van der Waals surface area (Å²) in [4.78, 5) is 0. The minimum Gasteiger partial charge on any atom is -0.399 e. The van der Waals surface area contributed by atoms with Gasteiger partial charge in [0.1, 0.15) is 0 Å². The first-order chi connectivity index (χ1) is 6.89. The van der Waals surface area contributed by atoms with E-state index in [1.54, 1.807) is 0 Å². The average Bonchev–Trinajstić information content (AvgIpc) is 2.12. The molecule has 0 spiro atoms. The summed E-state index contributed by atoms with van der Waals surface area (Å²) in [5, 5.41) is 3.41. The van der Waals surface area contributed by atoms with Crippen molar-refractivity contribution in [1.82, 2.24) is 0 Å². The molecule has 2 heteroatoms. The second-order valence-corrected chi connectivity index (χ2v) is 5.27. The number of hydrogen-bond donors (Lipinski definition) is 2. The Hall–Kier alpha value is -1.18. The lowest BCUT2D eigenvalue weighted by Gasteiger charge is -2.27. The molecular formula is C13H22N2. The molecule has 0 aliphatic heterocycles. The van der Waals surface area contributed by atoms with Gasteiger partial charge in [-0.25, -0.2) is 0 Å². The van der Waals surface area contributed by atoms with Gasteiger partial charge in [0.2, 0.25) is 0 Å². The Morgan fingerprint density at radius 2 is 2.00 bits per heavy atom. The van der Waals surface area contributed by atoms with Crippen molar-refractivity contribution in [3.8, 4) is 0 Å². The van der Waals surface area contributed by atoms with E-state index in [9.17, 15) is 0 Å². The molecule has 0 bridgehead atoms. The highest BCUT2D eigenvalue weighted by Gasteiger charge is 2.19. The molecule has 2 nitrogen and oxygen atoms in total. The lowest BCUT2D eigenvalue weighted by atomic mass is 9.82. The van der Waals surface area contributed by atoms with Gasteiger partial charge in [-0.15, -0.1) is 0 Å². The molecule has 1 aromatic rings. The van der Waals surface area contributed by atoms with E-state index in [2.05, 4.69) is 33.0 Å². The Bertz CT molecular complexity index is 313. The van der Waals surface area contributed by atoms with Gasteiger partial charge < -0.3 is 11.1 Å². The molecular weight excluding hydrogens is 184 g/mol. The summed E-state index contributed by atoms with van der Waals surface area (Å²) in [5.74, 6) is 0.624. The van der Waals surface area contributed by atoms with Gasteiger partial charge in [0.25, 0.3) is 0 Å². The zero-order valence-electron chi connectivity index (χ0n) is 10.2. The zero-order chi connectivity index (χ0) is 11.5. The number of anilines is 2. The van der Waals surface area contributed by atoms with Crippen LogP contribution in [0.5, 0.6) is 0 Å². The van der Waals surface area contributed by atoms with E-state index >= 15 is 0 Å². The largest absolute Gasteiger partial charge is 0.399 e. The molecule has 0 radical (unpaired) electrons. The molecule has 84 valence electrons. The van der Waals surface area contributed by atoms with E-state index < -0.39 is 0 Å². The first-order valence-electron chi connectivity index (χ1n) is 5.49. The van der Waals surface area contributed by atoms with Crippen LogP contribution in [0.2, 0.25) is 0 Å². The predicted octanol–water partition coefficient (Wildman–Crippen LogP) is 3.36. The molecule has 0 aliphatic rings. The maximum Gasteiger partial charge on any atom is 0.0360 e. The van der Waals surface area contributed by atoms with E-state index in [0.29, 0.717) is 11.3 Å². The fourth-order valence-corrected chi connectivity index (χ4v) is 1.23. The lowest BCUT2D eigenvalue weighted by Crippen LogP contribution is -2.24. The Labute approximate surface area is 92.9 Å². The lowest BCUT2D eigenvalue weighted by molar-refractivity contribution is 0.274. The number of nitrogens with one attached hydrogen (secondary N) is 1. The zero-order valence-corrected chi connectivity index (χ0v) is 10.2. The van der Waals surface area contributed by atoms with Crippen molar-refractivity contribution in [2.24, 2.45) is 11.3 Å². The van der Waals surface area contributed by atoms with Gasteiger partial charge in [0.05, 0.1) is 0 Å². The van der Waals surface area contributed by atoms with Crippen LogP contribution in [0.15, 0.2) is 24.3 Å². The van der Waals surface area contributed by atoms with E-state index in [1.165, 1.54) is 0 Å². The highest BCUT2D eigenvalue weighted by Crippen LogP contribution is 2.25. The third-order valence-corrected chi connectivity index (χ3v) is 2.98. The number of hydrogen-bond acceptors (Lipinski definition) is 2. The van der Waals surface area contributed by atoms with E-state index in [0.717, 1.165) is 17.9 Å². The SMILES string of the molecule is CC(CNc1cccc(N)c1)C(C)(C)C. The number of nitrogens with two attached hydrogens (primary N) is 1. The van der Waals surface area contributed by atoms with Crippen LogP contribution < -0.4 is 11.1 Å². The van der Waals surface area contributed by atoms with E-state index in [-0.39, 0.29) is 0 Å². The molecule has 1 aromatic carbocycles. The molecule has 1 atom stereocenters.